The van der Waals surface area contributed by atoms with Gasteiger partial charge in [0.2, 0.25) is 5.91 Å². The second-order valence-corrected chi connectivity index (χ2v) is 24.6. The van der Waals surface area contributed by atoms with Gasteiger partial charge in [-0.15, -0.1) is 0 Å². The van der Waals surface area contributed by atoms with Gasteiger partial charge in [-0.3, -0.25) is 14.2 Å². The van der Waals surface area contributed by atoms with Crippen LogP contribution in [0.3, 0.4) is 0 Å². The van der Waals surface area contributed by atoms with E-state index in [1.165, 1.54) is 109 Å². The van der Waals surface area contributed by atoms with Gasteiger partial charge in [-0.2, -0.15) is 0 Å². The molecule has 0 aromatic heterocycles. The van der Waals surface area contributed by atoms with Crippen LogP contribution in [-0.2, 0) is 27.9 Å². The van der Waals surface area contributed by atoms with Crippen LogP contribution >= 0.6 is 7.82 Å². The summed E-state index contributed by atoms with van der Waals surface area (Å²) in [6.45, 7) is 6.65. The number of unbranched alkanes of at least 4 members (excludes halogenated alkanes) is 23. The van der Waals surface area contributed by atoms with Crippen molar-refractivity contribution < 1.29 is 37.3 Å². The van der Waals surface area contributed by atoms with Crippen molar-refractivity contribution in [1.82, 2.24) is 5.32 Å². The van der Waals surface area contributed by atoms with Crippen molar-refractivity contribution in [2.45, 2.75) is 277 Å². The largest absolute Gasteiger partial charge is 0.756 e. The average molecular weight is 1170 g/mol. The molecule has 1 N–H and O–H groups in total. The molecule has 83 heavy (non-hydrogen) atoms. The zero-order valence-electron chi connectivity index (χ0n) is 54.1. The number of rotatable bonds is 59. The molecular weight excluding hydrogens is 1050 g/mol. The SMILES string of the molecule is CC/C=C\C/C=C\C/C=C\C/C=C\C/C=C\C/C=C\CCCCCCCCCCC(=O)NC(COP(=O)([O-])OCC[N+](C)(C)C)C(/C=C\CCCCCCCCCCCCC)OC(=O)CCC/C=C\C/C=C\C/C=C\C/C=C\CCCCC. The first-order chi connectivity index (χ1) is 40.4. The van der Waals surface area contributed by atoms with Crippen molar-refractivity contribution >= 4 is 19.7 Å². The van der Waals surface area contributed by atoms with Gasteiger partial charge in [-0.05, 0) is 122 Å². The fourth-order valence-electron chi connectivity index (χ4n) is 8.93. The van der Waals surface area contributed by atoms with Crippen molar-refractivity contribution in [2.75, 3.05) is 40.9 Å². The summed E-state index contributed by atoms with van der Waals surface area (Å²) < 4.78 is 30.3. The van der Waals surface area contributed by atoms with E-state index in [0.29, 0.717) is 23.9 Å². The summed E-state index contributed by atoms with van der Waals surface area (Å²) >= 11 is 0. The molecule has 0 aliphatic carbocycles. The van der Waals surface area contributed by atoms with Crippen LogP contribution in [0, 0.1) is 0 Å². The predicted octanol–water partition coefficient (Wildman–Crippen LogP) is 20.6. The van der Waals surface area contributed by atoms with E-state index >= 15 is 0 Å². The number of nitrogens with one attached hydrogen (secondary N) is 1. The Morgan fingerprint density at radius 3 is 1.20 bits per heavy atom. The number of hydrogen-bond donors (Lipinski definition) is 1. The van der Waals surface area contributed by atoms with Gasteiger partial charge in [-0.25, -0.2) is 0 Å². The molecule has 3 unspecified atom stereocenters. The summed E-state index contributed by atoms with van der Waals surface area (Å²) in [6.07, 6.45) is 87.1. The molecule has 0 rings (SSSR count). The van der Waals surface area contributed by atoms with Gasteiger partial charge < -0.3 is 28.5 Å². The number of likely N-dealkylation sites (N-methyl/N-ethyl adjacent to an activating group) is 1. The number of esters is 1. The molecule has 1 amide bonds. The van der Waals surface area contributed by atoms with Crippen LogP contribution < -0.4 is 10.2 Å². The van der Waals surface area contributed by atoms with Crippen molar-refractivity contribution in [3.63, 3.8) is 0 Å². The van der Waals surface area contributed by atoms with E-state index in [0.717, 1.165) is 109 Å². The highest BCUT2D eigenvalue weighted by Gasteiger charge is 2.27. The number of amides is 1. The van der Waals surface area contributed by atoms with E-state index in [1.54, 1.807) is 0 Å². The number of quaternary nitrogens is 1. The smallest absolute Gasteiger partial charge is 0.306 e. The van der Waals surface area contributed by atoms with Crippen LogP contribution in [0.5, 0.6) is 0 Å². The topological polar surface area (TPSA) is 114 Å². The lowest BCUT2D eigenvalue weighted by atomic mass is 10.0. The Balaban J connectivity index is 5.24. The number of carbonyl (C=O) groups is 2. The molecule has 474 valence electrons. The van der Waals surface area contributed by atoms with E-state index in [-0.39, 0.29) is 25.4 Å². The maximum Gasteiger partial charge on any atom is 0.306 e. The number of ether oxygens (including phenoxy) is 1. The Kier molecular flexibility index (Phi) is 58.4. The zero-order chi connectivity index (χ0) is 60.7. The van der Waals surface area contributed by atoms with Crippen LogP contribution in [-0.4, -0.2) is 69.4 Å². The standard InChI is InChI=1S/C73H125N2O7P/c1-7-10-13-16-19-22-25-28-30-32-33-34-35-36-37-38-39-40-41-43-44-47-50-53-56-59-62-65-72(76)74-70(69-81-83(78,79)80-68-67-75(4,5)6)71(64-61-58-55-52-49-46-27-24-21-18-15-12-9-3)82-73(77)66-63-60-57-54-51-48-45-42-31-29-26-23-20-17-14-11-8-2/h10,13,19-20,22-23,28-31,33-34,36-37,39-40,45,48,54,57,61,64,70-71H,7-9,11-12,14-18,21,24-27,32,35,38,41-44,46-47,49-53,55-56,58-60,62-63,65-69H2,1-6H3,(H-,74,76,78,79)/b13-10-,22-19-,23-20-,30-28-,31-29-,34-33-,37-36-,40-39-,48-45-,57-54-,64-61-. The third-order valence-electron chi connectivity index (χ3n) is 14.1. The monoisotopic (exact) mass is 1170 g/mol. The second kappa shape index (κ2) is 61.2. The van der Waals surface area contributed by atoms with Crippen molar-refractivity contribution in [3.8, 4) is 0 Å². The number of phosphoric acid groups is 1. The minimum Gasteiger partial charge on any atom is -0.756 e. The molecule has 3 atom stereocenters. The number of nitrogens with zero attached hydrogens (tertiary/aromatic N) is 1. The number of phosphoric ester groups is 1. The molecule has 0 aromatic rings. The second-order valence-electron chi connectivity index (χ2n) is 23.2. The molecule has 0 bridgehead atoms. The molecule has 0 aliphatic rings. The Bertz CT molecular complexity index is 1880. The van der Waals surface area contributed by atoms with Crippen molar-refractivity contribution in [1.29, 1.82) is 0 Å². The maximum atomic E-state index is 13.6. The Labute approximate surface area is 511 Å². The molecule has 0 heterocycles. The molecule has 0 saturated carbocycles. The van der Waals surface area contributed by atoms with Gasteiger partial charge in [0.05, 0.1) is 33.8 Å². The van der Waals surface area contributed by atoms with Crippen LogP contribution in [0.15, 0.2) is 134 Å². The van der Waals surface area contributed by atoms with Crippen LogP contribution in [0.1, 0.15) is 265 Å². The summed E-state index contributed by atoms with van der Waals surface area (Å²) in [5.74, 6) is -0.622. The van der Waals surface area contributed by atoms with Gasteiger partial charge in [0, 0.05) is 12.8 Å². The lowest BCUT2D eigenvalue weighted by Crippen LogP contribution is -2.47. The van der Waals surface area contributed by atoms with E-state index in [1.807, 2.05) is 33.3 Å². The Morgan fingerprint density at radius 2 is 0.783 bits per heavy atom. The van der Waals surface area contributed by atoms with Crippen LogP contribution in [0.25, 0.3) is 0 Å². The van der Waals surface area contributed by atoms with Gasteiger partial charge in [0.1, 0.15) is 19.3 Å². The first-order valence-electron chi connectivity index (χ1n) is 33.5. The normalized spacial score (nSPS) is 14.4. The molecule has 0 saturated heterocycles. The van der Waals surface area contributed by atoms with Crippen molar-refractivity contribution in [3.05, 3.63) is 134 Å². The van der Waals surface area contributed by atoms with Crippen molar-refractivity contribution in [2.24, 2.45) is 0 Å². The highest BCUT2D eigenvalue weighted by molar-refractivity contribution is 7.45. The molecule has 0 spiro atoms. The van der Waals surface area contributed by atoms with Gasteiger partial charge in [0.25, 0.3) is 7.82 Å². The van der Waals surface area contributed by atoms with E-state index in [2.05, 4.69) is 148 Å². The highest BCUT2D eigenvalue weighted by atomic mass is 31.2. The van der Waals surface area contributed by atoms with Crippen LogP contribution in [0.4, 0.5) is 0 Å². The molecule has 9 nitrogen and oxygen atoms in total. The fourth-order valence-corrected chi connectivity index (χ4v) is 9.65. The Morgan fingerprint density at radius 1 is 0.434 bits per heavy atom. The van der Waals surface area contributed by atoms with E-state index in [4.69, 9.17) is 13.8 Å². The lowest BCUT2D eigenvalue weighted by Gasteiger charge is -2.30. The highest BCUT2D eigenvalue weighted by Crippen LogP contribution is 2.38. The third kappa shape index (κ3) is 62.5. The number of hydrogen-bond acceptors (Lipinski definition) is 7. The molecule has 0 aliphatic heterocycles. The number of allylic oxidation sites excluding steroid dienone is 21. The van der Waals surface area contributed by atoms with Gasteiger partial charge in [0.15, 0.2) is 0 Å². The fraction of sp³-hybridized carbons (Fsp3) is 0.671. The lowest BCUT2D eigenvalue weighted by molar-refractivity contribution is -0.870. The Hall–Kier alpha value is -3.85. The minimum atomic E-state index is -4.73. The average Bonchev–Trinajstić information content (AvgIpc) is 3.47. The molecular formula is C73H125N2O7P. The zero-order valence-corrected chi connectivity index (χ0v) is 55.0. The summed E-state index contributed by atoms with van der Waals surface area (Å²) in [7, 11) is 1.13. The molecule has 0 fully saturated rings. The van der Waals surface area contributed by atoms with E-state index < -0.39 is 32.5 Å². The summed E-state index contributed by atoms with van der Waals surface area (Å²) in [5, 5.41) is 3.02. The van der Waals surface area contributed by atoms with Crippen LogP contribution in [0.2, 0.25) is 0 Å². The summed E-state index contributed by atoms with van der Waals surface area (Å²) in [5.41, 5.74) is 0. The first-order valence-corrected chi connectivity index (χ1v) is 35.0. The maximum absolute atomic E-state index is 13.6. The minimum absolute atomic E-state index is 0.0393. The van der Waals surface area contributed by atoms with E-state index in [9.17, 15) is 19.0 Å². The predicted molar refractivity (Wildman–Crippen MR) is 357 cm³/mol. The third-order valence-corrected chi connectivity index (χ3v) is 15.0. The molecule has 10 heteroatoms. The quantitative estimate of drug-likeness (QED) is 0.0212. The number of carbonyl (C=O) groups excluding carboxylic acids is 2. The summed E-state index contributed by atoms with van der Waals surface area (Å²) in [4.78, 5) is 40.1. The molecule has 0 aromatic carbocycles. The van der Waals surface area contributed by atoms with Gasteiger partial charge >= 0.3 is 5.97 Å². The van der Waals surface area contributed by atoms with Gasteiger partial charge in [-0.1, -0.05) is 264 Å². The summed E-state index contributed by atoms with van der Waals surface area (Å²) in [6, 6.07) is -0.925. The first kappa shape index (κ1) is 79.2. The molecule has 0 radical (unpaired) electrons.